The summed E-state index contributed by atoms with van der Waals surface area (Å²) in [6.45, 7) is 7.04. The first-order chi connectivity index (χ1) is 6.08. The molecule has 0 heterocycles. The highest BCUT2D eigenvalue weighted by Gasteiger charge is 2.11. The Labute approximate surface area is 82.2 Å². The molecule has 0 amide bonds. The molecule has 1 saturated carbocycles. The summed E-state index contributed by atoms with van der Waals surface area (Å²) in [5.41, 5.74) is 0.0000158. The van der Waals surface area contributed by atoms with E-state index in [1.54, 1.807) is 0 Å². The third kappa shape index (κ3) is 5.09. The minimum Gasteiger partial charge on any atom is -0.372 e. The molecule has 0 radical (unpaired) electrons. The first kappa shape index (κ1) is 10.8. The van der Waals surface area contributed by atoms with Crippen LogP contribution in [0.25, 0.3) is 0 Å². The van der Waals surface area contributed by atoms with E-state index in [-0.39, 0.29) is 5.60 Å². The van der Waals surface area contributed by atoms with Crippen molar-refractivity contribution in [3.05, 3.63) is 12.2 Å². The van der Waals surface area contributed by atoms with Gasteiger partial charge < -0.3 is 4.74 Å². The molecule has 0 N–H and O–H groups in total. The predicted octanol–water partition coefficient (Wildman–Crippen LogP) is 3.55. The second-order valence-corrected chi connectivity index (χ2v) is 4.90. The third-order valence-electron chi connectivity index (χ3n) is 2.42. The van der Waals surface area contributed by atoms with E-state index in [0.717, 1.165) is 12.5 Å². The van der Waals surface area contributed by atoms with Gasteiger partial charge in [0.25, 0.3) is 0 Å². The van der Waals surface area contributed by atoms with Crippen molar-refractivity contribution >= 4 is 0 Å². The van der Waals surface area contributed by atoms with E-state index in [4.69, 9.17) is 4.74 Å². The summed E-state index contributed by atoms with van der Waals surface area (Å²) in [5.74, 6) is 0.837. The maximum absolute atomic E-state index is 5.60. The van der Waals surface area contributed by atoms with Gasteiger partial charge in [-0.2, -0.15) is 0 Å². The maximum Gasteiger partial charge on any atom is 0.0654 e. The lowest BCUT2D eigenvalue weighted by molar-refractivity contribution is 0.0148. The van der Waals surface area contributed by atoms with Gasteiger partial charge in [-0.05, 0) is 39.5 Å². The smallest absolute Gasteiger partial charge is 0.0654 e. The summed E-state index contributed by atoms with van der Waals surface area (Å²) in [6, 6.07) is 0. The molecular formula is C12H22O. The predicted molar refractivity (Wildman–Crippen MR) is 56.8 cm³/mol. The zero-order chi connectivity index (χ0) is 9.73. The zero-order valence-electron chi connectivity index (χ0n) is 9.18. The van der Waals surface area contributed by atoms with Crippen LogP contribution in [-0.4, -0.2) is 12.2 Å². The van der Waals surface area contributed by atoms with Crippen LogP contribution in [0.15, 0.2) is 12.2 Å². The normalized spacial score (nSPS) is 20.2. The average molecular weight is 182 g/mol. The molecule has 0 aliphatic heterocycles. The molecule has 0 unspecified atom stereocenters. The Morgan fingerprint density at radius 3 is 2.38 bits per heavy atom. The lowest BCUT2D eigenvalue weighted by atomic mass is 10.1. The van der Waals surface area contributed by atoms with E-state index in [9.17, 15) is 0 Å². The highest BCUT2D eigenvalue weighted by Crippen LogP contribution is 2.25. The molecular weight excluding hydrogens is 160 g/mol. The van der Waals surface area contributed by atoms with Crippen LogP contribution in [0.1, 0.15) is 46.5 Å². The SMILES string of the molecule is CC(C)(C)OC/C=C/C1CCCC1. The Morgan fingerprint density at radius 2 is 1.85 bits per heavy atom. The van der Waals surface area contributed by atoms with Gasteiger partial charge in [0, 0.05) is 0 Å². The highest BCUT2D eigenvalue weighted by molar-refractivity contribution is 4.91. The topological polar surface area (TPSA) is 9.23 Å². The van der Waals surface area contributed by atoms with E-state index in [1.165, 1.54) is 25.7 Å². The van der Waals surface area contributed by atoms with E-state index >= 15 is 0 Å². The number of allylic oxidation sites excluding steroid dienone is 1. The number of rotatable bonds is 3. The Hall–Kier alpha value is -0.300. The quantitative estimate of drug-likeness (QED) is 0.606. The minimum absolute atomic E-state index is 0.0000158. The molecule has 0 spiro atoms. The first-order valence-corrected chi connectivity index (χ1v) is 5.38. The zero-order valence-corrected chi connectivity index (χ0v) is 9.18. The summed E-state index contributed by atoms with van der Waals surface area (Å²) in [5, 5.41) is 0. The largest absolute Gasteiger partial charge is 0.372 e. The Balaban J connectivity index is 2.10. The Morgan fingerprint density at radius 1 is 1.23 bits per heavy atom. The van der Waals surface area contributed by atoms with Crippen molar-refractivity contribution in [2.24, 2.45) is 5.92 Å². The molecule has 0 aromatic heterocycles. The van der Waals surface area contributed by atoms with Crippen molar-refractivity contribution in [1.29, 1.82) is 0 Å². The van der Waals surface area contributed by atoms with Crippen molar-refractivity contribution in [3.8, 4) is 0 Å². The molecule has 1 nitrogen and oxygen atoms in total. The van der Waals surface area contributed by atoms with Crippen LogP contribution in [-0.2, 0) is 4.74 Å². The van der Waals surface area contributed by atoms with Crippen molar-refractivity contribution in [2.75, 3.05) is 6.61 Å². The maximum atomic E-state index is 5.60. The fourth-order valence-electron chi connectivity index (χ4n) is 1.70. The molecule has 13 heavy (non-hydrogen) atoms. The molecule has 0 saturated heterocycles. The van der Waals surface area contributed by atoms with Gasteiger partial charge in [-0.15, -0.1) is 0 Å². The van der Waals surface area contributed by atoms with Crippen LogP contribution in [0.5, 0.6) is 0 Å². The Bertz CT molecular complexity index is 158. The highest BCUT2D eigenvalue weighted by atomic mass is 16.5. The fourth-order valence-corrected chi connectivity index (χ4v) is 1.70. The summed E-state index contributed by atoms with van der Waals surface area (Å²) in [6.07, 6.45) is 10.1. The molecule has 0 aromatic rings. The molecule has 1 fully saturated rings. The van der Waals surface area contributed by atoms with Gasteiger partial charge in [0.05, 0.1) is 12.2 Å². The van der Waals surface area contributed by atoms with Crippen LogP contribution in [0.3, 0.4) is 0 Å². The minimum atomic E-state index is 0.0000158. The van der Waals surface area contributed by atoms with Crippen molar-refractivity contribution < 1.29 is 4.74 Å². The van der Waals surface area contributed by atoms with Gasteiger partial charge in [0.1, 0.15) is 0 Å². The summed E-state index contributed by atoms with van der Waals surface area (Å²) in [7, 11) is 0. The summed E-state index contributed by atoms with van der Waals surface area (Å²) in [4.78, 5) is 0. The van der Waals surface area contributed by atoms with Crippen LogP contribution >= 0.6 is 0 Å². The number of hydrogen-bond acceptors (Lipinski definition) is 1. The van der Waals surface area contributed by atoms with Gasteiger partial charge in [-0.3, -0.25) is 0 Å². The van der Waals surface area contributed by atoms with E-state index in [1.807, 2.05) is 0 Å². The van der Waals surface area contributed by atoms with Crippen molar-refractivity contribution in [3.63, 3.8) is 0 Å². The van der Waals surface area contributed by atoms with Crippen molar-refractivity contribution in [2.45, 2.75) is 52.1 Å². The van der Waals surface area contributed by atoms with Crippen molar-refractivity contribution in [1.82, 2.24) is 0 Å². The second kappa shape index (κ2) is 4.80. The van der Waals surface area contributed by atoms with Gasteiger partial charge in [-0.25, -0.2) is 0 Å². The standard InChI is InChI=1S/C12H22O/c1-12(2,3)13-10-6-9-11-7-4-5-8-11/h6,9,11H,4-5,7-8,10H2,1-3H3/b9-6+. The molecule has 0 aromatic carbocycles. The molecule has 0 atom stereocenters. The lowest BCUT2D eigenvalue weighted by Gasteiger charge is -2.18. The fraction of sp³-hybridized carbons (Fsp3) is 0.833. The molecule has 1 heteroatoms. The van der Waals surface area contributed by atoms with E-state index < -0.39 is 0 Å². The van der Waals surface area contributed by atoms with Gasteiger partial charge in [-0.1, -0.05) is 25.0 Å². The molecule has 0 bridgehead atoms. The lowest BCUT2D eigenvalue weighted by Crippen LogP contribution is -2.18. The summed E-state index contributed by atoms with van der Waals surface area (Å²) < 4.78 is 5.60. The summed E-state index contributed by atoms with van der Waals surface area (Å²) >= 11 is 0. The number of hydrogen-bond donors (Lipinski definition) is 0. The van der Waals surface area contributed by atoms with Crippen LogP contribution in [0, 0.1) is 5.92 Å². The average Bonchev–Trinajstić information content (AvgIpc) is 2.48. The Kier molecular flexibility index (Phi) is 3.98. The van der Waals surface area contributed by atoms with E-state index in [2.05, 4.69) is 32.9 Å². The van der Waals surface area contributed by atoms with Gasteiger partial charge in [0.2, 0.25) is 0 Å². The molecule has 1 aliphatic rings. The first-order valence-electron chi connectivity index (χ1n) is 5.38. The van der Waals surface area contributed by atoms with Crippen LogP contribution < -0.4 is 0 Å². The van der Waals surface area contributed by atoms with Gasteiger partial charge in [0.15, 0.2) is 0 Å². The van der Waals surface area contributed by atoms with Crippen LogP contribution in [0.2, 0.25) is 0 Å². The molecule has 1 aliphatic carbocycles. The number of ether oxygens (including phenoxy) is 1. The van der Waals surface area contributed by atoms with Crippen LogP contribution in [0.4, 0.5) is 0 Å². The van der Waals surface area contributed by atoms with Gasteiger partial charge >= 0.3 is 0 Å². The molecule has 76 valence electrons. The molecule has 1 rings (SSSR count). The third-order valence-corrected chi connectivity index (χ3v) is 2.42. The van der Waals surface area contributed by atoms with E-state index in [0.29, 0.717) is 0 Å². The second-order valence-electron chi connectivity index (χ2n) is 4.90. The monoisotopic (exact) mass is 182 g/mol.